The maximum absolute atomic E-state index is 12.7. The maximum Gasteiger partial charge on any atom is 0.244 e. The summed E-state index contributed by atoms with van der Waals surface area (Å²) in [6.07, 6.45) is 0.757. The summed E-state index contributed by atoms with van der Waals surface area (Å²) in [5, 5.41) is 0. The minimum Gasteiger partial charge on any atom is -0.380 e. The Balaban J connectivity index is 2.33. The fraction of sp³-hybridized carbons (Fsp3) is 0.538. The van der Waals surface area contributed by atoms with Crippen LogP contribution in [0.25, 0.3) is 0 Å². The molecular formula is C13H17Br2NO3S. The molecule has 0 radical (unpaired) electrons. The summed E-state index contributed by atoms with van der Waals surface area (Å²) in [6.45, 7) is 3.02. The van der Waals surface area contributed by atoms with E-state index in [2.05, 4.69) is 38.8 Å². The van der Waals surface area contributed by atoms with Crippen LogP contribution in [0.5, 0.6) is 0 Å². The summed E-state index contributed by atoms with van der Waals surface area (Å²) in [7, 11) is -1.87. The van der Waals surface area contributed by atoms with Crippen molar-refractivity contribution in [3.63, 3.8) is 0 Å². The Kier molecular flexibility index (Phi) is 5.29. The van der Waals surface area contributed by atoms with Crippen LogP contribution in [0.1, 0.15) is 13.3 Å². The first-order valence-corrected chi connectivity index (χ1v) is 9.37. The normalized spacial score (nSPS) is 24.8. The molecule has 1 aliphatic rings. The lowest BCUT2D eigenvalue weighted by molar-refractivity contribution is 0.0183. The molecule has 0 amide bonds. The van der Waals surface area contributed by atoms with E-state index in [0.29, 0.717) is 23.5 Å². The molecule has 1 saturated heterocycles. The molecule has 112 valence electrons. The number of methoxy groups -OCH3 is 1. The minimum absolute atomic E-state index is 0.0514. The molecule has 1 heterocycles. The van der Waals surface area contributed by atoms with E-state index < -0.39 is 10.0 Å². The molecule has 7 heteroatoms. The predicted octanol–water partition coefficient (Wildman–Crippen LogP) is 3.26. The predicted molar refractivity (Wildman–Crippen MR) is 85.2 cm³/mol. The van der Waals surface area contributed by atoms with Crippen molar-refractivity contribution in [1.29, 1.82) is 0 Å². The van der Waals surface area contributed by atoms with Crippen LogP contribution < -0.4 is 0 Å². The van der Waals surface area contributed by atoms with Crippen LogP contribution in [0.4, 0.5) is 0 Å². The van der Waals surface area contributed by atoms with Gasteiger partial charge in [0, 0.05) is 29.1 Å². The number of hydrogen-bond acceptors (Lipinski definition) is 3. The van der Waals surface area contributed by atoms with Crippen LogP contribution in [0.2, 0.25) is 0 Å². The van der Waals surface area contributed by atoms with Gasteiger partial charge in [0.15, 0.2) is 0 Å². The summed E-state index contributed by atoms with van der Waals surface area (Å²) < 4.78 is 33.7. The summed E-state index contributed by atoms with van der Waals surface area (Å²) in [4.78, 5) is 0.288. The van der Waals surface area contributed by atoms with Crippen LogP contribution in [0.15, 0.2) is 32.0 Å². The Morgan fingerprint density at radius 1 is 1.35 bits per heavy atom. The first-order chi connectivity index (χ1) is 9.36. The number of sulfonamides is 1. The summed E-state index contributed by atoms with van der Waals surface area (Å²) in [6, 6.07) is 5.16. The summed E-state index contributed by atoms with van der Waals surface area (Å²) in [5.41, 5.74) is 0. The summed E-state index contributed by atoms with van der Waals surface area (Å²) in [5.74, 6) is 0.373. The molecule has 1 aromatic carbocycles. The van der Waals surface area contributed by atoms with Crippen LogP contribution in [-0.4, -0.2) is 39.0 Å². The highest BCUT2D eigenvalue weighted by atomic mass is 79.9. The molecule has 2 atom stereocenters. The van der Waals surface area contributed by atoms with Crippen molar-refractivity contribution in [3.8, 4) is 0 Å². The van der Waals surface area contributed by atoms with Gasteiger partial charge in [0.05, 0.1) is 11.0 Å². The smallest absolute Gasteiger partial charge is 0.244 e. The fourth-order valence-corrected chi connectivity index (χ4v) is 5.27. The molecule has 1 fully saturated rings. The third kappa shape index (κ3) is 3.27. The van der Waals surface area contributed by atoms with E-state index in [0.717, 1.165) is 10.9 Å². The molecule has 0 spiro atoms. The molecule has 0 saturated carbocycles. The van der Waals surface area contributed by atoms with Gasteiger partial charge in [-0.2, -0.15) is 4.31 Å². The van der Waals surface area contributed by atoms with E-state index in [1.54, 1.807) is 25.3 Å². The largest absolute Gasteiger partial charge is 0.380 e. The van der Waals surface area contributed by atoms with Gasteiger partial charge < -0.3 is 4.74 Å². The highest BCUT2D eigenvalue weighted by Gasteiger charge is 2.34. The molecular weight excluding hydrogens is 410 g/mol. The van der Waals surface area contributed by atoms with Crippen molar-refractivity contribution in [2.75, 3.05) is 20.2 Å². The fourth-order valence-electron chi connectivity index (χ4n) is 2.34. The summed E-state index contributed by atoms with van der Waals surface area (Å²) >= 11 is 6.64. The Morgan fingerprint density at radius 2 is 2.05 bits per heavy atom. The number of hydrogen-bond donors (Lipinski definition) is 0. The van der Waals surface area contributed by atoms with E-state index in [-0.39, 0.29) is 11.0 Å². The van der Waals surface area contributed by atoms with Crippen LogP contribution >= 0.6 is 31.9 Å². The Bertz CT molecular complexity index is 591. The number of rotatable bonds is 3. The third-order valence-electron chi connectivity index (χ3n) is 3.67. The van der Waals surface area contributed by atoms with Crippen molar-refractivity contribution in [2.24, 2.45) is 5.92 Å². The zero-order chi connectivity index (χ0) is 14.9. The monoisotopic (exact) mass is 425 g/mol. The second kappa shape index (κ2) is 6.44. The number of nitrogens with zero attached hydrogens (tertiary/aromatic N) is 1. The number of halogens is 2. The van der Waals surface area contributed by atoms with Gasteiger partial charge in [0.25, 0.3) is 0 Å². The van der Waals surface area contributed by atoms with Crippen molar-refractivity contribution in [2.45, 2.75) is 24.3 Å². The lowest BCUT2D eigenvalue weighted by Gasteiger charge is -2.35. The number of ether oxygens (including phenoxy) is 1. The zero-order valence-corrected chi connectivity index (χ0v) is 15.3. The maximum atomic E-state index is 12.7. The molecule has 20 heavy (non-hydrogen) atoms. The molecule has 1 aliphatic heterocycles. The quantitative estimate of drug-likeness (QED) is 0.745. The highest BCUT2D eigenvalue weighted by molar-refractivity contribution is 9.11. The molecule has 4 nitrogen and oxygen atoms in total. The van der Waals surface area contributed by atoms with E-state index in [4.69, 9.17) is 4.74 Å². The van der Waals surface area contributed by atoms with Crippen LogP contribution in [0, 0.1) is 5.92 Å². The van der Waals surface area contributed by atoms with Crippen LogP contribution in [0.3, 0.4) is 0 Å². The van der Waals surface area contributed by atoms with Crippen molar-refractivity contribution >= 4 is 41.9 Å². The molecule has 0 N–H and O–H groups in total. The highest BCUT2D eigenvalue weighted by Crippen LogP contribution is 2.31. The second-order valence-electron chi connectivity index (χ2n) is 4.98. The zero-order valence-electron chi connectivity index (χ0n) is 11.3. The molecule has 2 rings (SSSR count). The van der Waals surface area contributed by atoms with Gasteiger partial charge in [-0.1, -0.05) is 22.9 Å². The van der Waals surface area contributed by atoms with Gasteiger partial charge in [0.1, 0.15) is 0 Å². The van der Waals surface area contributed by atoms with Crippen molar-refractivity contribution < 1.29 is 13.2 Å². The van der Waals surface area contributed by atoms with Crippen molar-refractivity contribution in [1.82, 2.24) is 4.31 Å². The third-order valence-corrected chi connectivity index (χ3v) is 7.02. The molecule has 0 aliphatic carbocycles. The van der Waals surface area contributed by atoms with Crippen molar-refractivity contribution in [3.05, 3.63) is 27.1 Å². The van der Waals surface area contributed by atoms with E-state index in [1.165, 1.54) is 4.31 Å². The van der Waals surface area contributed by atoms with Gasteiger partial charge >= 0.3 is 0 Å². The average Bonchev–Trinajstić information content (AvgIpc) is 2.41. The van der Waals surface area contributed by atoms with Gasteiger partial charge in [-0.05, 0) is 46.5 Å². The van der Waals surface area contributed by atoms with Gasteiger partial charge in [-0.15, -0.1) is 0 Å². The van der Waals surface area contributed by atoms with Gasteiger partial charge in [0.2, 0.25) is 10.0 Å². The molecule has 2 unspecified atom stereocenters. The van der Waals surface area contributed by atoms with Gasteiger partial charge in [-0.3, -0.25) is 0 Å². The Morgan fingerprint density at radius 3 is 2.70 bits per heavy atom. The SMILES string of the molecule is COC1CN(S(=O)(=O)c2cc(Br)ccc2Br)CCC1C. The Hall–Kier alpha value is 0.0500. The van der Waals surface area contributed by atoms with Gasteiger partial charge in [-0.25, -0.2) is 8.42 Å². The van der Waals surface area contributed by atoms with E-state index in [9.17, 15) is 8.42 Å². The standard InChI is InChI=1S/C13H17Br2NO3S/c1-9-5-6-16(8-12(9)19-2)20(17,18)13-7-10(14)3-4-11(13)15/h3-4,7,9,12H,5-6,8H2,1-2H3. The topological polar surface area (TPSA) is 46.6 Å². The van der Waals surface area contributed by atoms with Crippen LogP contribution in [-0.2, 0) is 14.8 Å². The average molecular weight is 427 g/mol. The molecule has 0 bridgehead atoms. The van der Waals surface area contributed by atoms with E-state index in [1.807, 2.05) is 0 Å². The first-order valence-electron chi connectivity index (χ1n) is 6.34. The Labute approximate surface area is 136 Å². The first kappa shape index (κ1) is 16.4. The minimum atomic E-state index is -3.51. The lowest BCUT2D eigenvalue weighted by Crippen LogP contribution is -2.46. The van der Waals surface area contributed by atoms with E-state index >= 15 is 0 Å². The number of benzene rings is 1. The molecule has 0 aromatic heterocycles. The molecule has 1 aromatic rings. The second-order valence-corrected chi connectivity index (χ2v) is 8.65. The lowest BCUT2D eigenvalue weighted by atomic mass is 9.97. The number of piperidine rings is 1.